The fraction of sp³-hybridized carbons (Fsp3) is 0.130. The van der Waals surface area contributed by atoms with Crippen LogP contribution in [0.1, 0.15) is 21.5 Å². The maximum atomic E-state index is 13.2. The first kappa shape index (κ1) is 20.6. The first-order valence-electron chi connectivity index (χ1n) is 9.59. The van der Waals surface area contributed by atoms with E-state index in [1.807, 2.05) is 24.3 Å². The van der Waals surface area contributed by atoms with Crippen LogP contribution in [-0.2, 0) is 17.9 Å². The van der Waals surface area contributed by atoms with Gasteiger partial charge in [0.05, 0.1) is 11.5 Å². The van der Waals surface area contributed by atoms with E-state index in [9.17, 15) is 19.7 Å². The van der Waals surface area contributed by atoms with Gasteiger partial charge in [-0.25, -0.2) is 0 Å². The molecule has 1 aliphatic rings. The lowest BCUT2D eigenvalue weighted by Crippen LogP contribution is -2.39. The van der Waals surface area contributed by atoms with Crippen LogP contribution in [0.3, 0.4) is 0 Å². The second kappa shape index (κ2) is 8.57. The molecule has 156 valence electrons. The van der Waals surface area contributed by atoms with Gasteiger partial charge in [-0.1, -0.05) is 41.9 Å². The van der Waals surface area contributed by atoms with Gasteiger partial charge in [0.25, 0.3) is 11.6 Å². The molecule has 1 aliphatic heterocycles. The van der Waals surface area contributed by atoms with Crippen LogP contribution in [0.2, 0.25) is 5.02 Å². The summed E-state index contributed by atoms with van der Waals surface area (Å²) in [6.45, 7) is 0.458. The lowest BCUT2D eigenvalue weighted by Gasteiger charge is -2.23. The lowest BCUT2D eigenvalue weighted by atomic mass is 10.1. The van der Waals surface area contributed by atoms with Crippen molar-refractivity contribution in [2.24, 2.45) is 0 Å². The third-order valence-electron chi connectivity index (χ3n) is 5.14. The van der Waals surface area contributed by atoms with E-state index in [-0.39, 0.29) is 30.6 Å². The Morgan fingerprint density at radius 1 is 0.968 bits per heavy atom. The molecule has 0 unspecified atom stereocenters. The van der Waals surface area contributed by atoms with Crippen LogP contribution in [0.15, 0.2) is 72.8 Å². The number of amides is 2. The van der Waals surface area contributed by atoms with Gasteiger partial charge in [0.1, 0.15) is 6.54 Å². The van der Waals surface area contributed by atoms with Crippen molar-refractivity contribution in [3.05, 3.63) is 105 Å². The van der Waals surface area contributed by atoms with Crippen molar-refractivity contribution in [2.75, 3.05) is 11.4 Å². The summed E-state index contributed by atoms with van der Waals surface area (Å²) >= 11 is 5.92. The van der Waals surface area contributed by atoms with Crippen LogP contribution >= 0.6 is 11.6 Å². The average Bonchev–Trinajstić information content (AvgIpc) is 2.91. The minimum absolute atomic E-state index is 0.00826. The van der Waals surface area contributed by atoms with Gasteiger partial charge in [-0.15, -0.1) is 0 Å². The van der Waals surface area contributed by atoms with Gasteiger partial charge in [0.15, 0.2) is 0 Å². The standard InChI is InChI=1S/C23H18ClN3O4/c24-19-9-7-17(8-10-19)23(29)25-14-18-3-1-2-4-21(18)26(22(28)15-25)13-16-5-11-20(12-6-16)27(30)31/h1-12H,13-15H2. The number of nitrogens with zero attached hydrogens (tertiary/aromatic N) is 3. The SMILES string of the molecule is O=C(c1ccc(Cl)cc1)N1CC(=O)N(Cc2ccc([N+](=O)[O-])cc2)c2ccccc2C1. The quantitative estimate of drug-likeness (QED) is 0.448. The van der Waals surface area contributed by atoms with Crippen LogP contribution in [0.25, 0.3) is 0 Å². The van der Waals surface area contributed by atoms with Crippen molar-refractivity contribution in [3.8, 4) is 0 Å². The molecule has 3 aromatic rings. The molecule has 1 heterocycles. The molecule has 4 rings (SSSR count). The van der Waals surface area contributed by atoms with Crippen LogP contribution in [0.4, 0.5) is 11.4 Å². The van der Waals surface area contributed by atoms with Gasteiger partial charge in [0.2, 0.25) is 5.91 Å². The maximum absolute atomic E-state index is 13.2. The molecule has 0 atom stereocenters. The molecule has 0 bridgehead atoms. The van der Waals surface area contributed by atoms with Gasteiger partial charge in [0, 0.05) is 35.0 Å². The van der Waals surface area contributed by atoms with E-state index in [1.165, 1.54) is 17.0 Å². The van der Waals surface area contributed by atoms with Crippen molar-refractivity contribution in [2.45, 2.75) is 13.1 Å². The molecule has 8 heteroatoms. The van der Waals surface area contributed by atoms with E-state index in [2.05, 4.69) is 0 Å². The second-order valence-corrected chi connectivity index (χ2v) is 7.64. The number of nitro groups is 1. The number of hydrogen-bond donors (Lipinski definition) is 0. The number of carbonyl (C=O) groups is 2. The van der Waals surface area contributed by atoms with E-state index < -0.39 is 4.92 Å². The monoisotopic (exact) mass is 435 g/mol. The Balaban J connectivity index is 1.63. The first-order valence-corrected chi connectivity index (χ1v) is 9.96. The fourth-order valence-electron chi connectivity index (χ4n) is 3.55. The third-order valence-corrected chi connectivity index (χ3v) is 5.39. The molecular formula is C23H18ClN3O4. The third kappa shape index (κ3) is 4.41. The first-order chi connectivity index (χ1) is 14.9. The molecule has 7 nitrogen and oxygen atoms in total. The van der Waals surface area contributed by atoms with Gasteiger partial charge >= 0.3 is 0 Å². The molecule has 0 radical (unpaired) electrons. The summed E-state index contributed by atoms with van der Waals surface area (Å²) in [6, 6.07) is 20.1. The summed E-state index contributed by atoms with van der Waals surface area (Å²) in [5.74, 6) is -0.484. The van der Waals surface area contributed by atoms with Crippen molar-refractivity contribution in [3.63, 3.8) is 0 Å². The second-order valence-electron chi connectivity index (χ2n) is 7.20. The highest BCUT2D eigenvalue weighted by Crippen LogP contribution is 2.28. The van der Waals surface area contributed by atoms with E-state index in [0.717, 1.165) is 16.8 Å². The summed E-state index contributed by atoms with van der Waals surface area (Å²) in [5.41, 5.74) is 2.77. The number of benzene rings is 3. The molecule has 0 N–H and O–H groups in total. The molecule has 0 saturated carbocycles. The zero-order valence-corrected chi connectivity index (χ0v) is 17.2. The largest absolute Gasteiger partial charge is 0.325 e. The van der Waals surface area contributed by atoms with Crippen molar-refractivity contribution < 1.29 is 14.5 Å². The highest BCUT2D eigenvalue weighted by atomic mass is 35.5. The molecule has 0 spiro atoms. The molecule has 0 saturated heterocycles. The zero-order chi connectivity index (χ0) is 22.0. The van der Waals surface area contributed by atoms with Crippen molar-refractivity contribution in [1.82, 2.24) is 4.90 Å². The number of anilines is 1. The maximum Gasteiger partial charge on any atom is 0.269 e. The minimum atomic E-state index is -0.462. The number of para-hydroxylation sites is 1. The number of halogens is 1. The number of hydrogen-bond acceptors (Lipinski definition) is 4. The van der Waals surface area contributed by atoms with Crippen molar-refractivity contribution >= 4 is 34.8 Å². The highest BCUT2D eigenvalue weighted by molar-refractivity contribution is 6.30. The fourth-order valence-corrected chi connectivity index (χ4v) is 3.68. The van der Waals surface area contributed by atoms with Crippen molar-refractivity contribution in [1.29, 1.82) is 0 Å². The smallest absolute Gasteiger partial charge is 0.269 e. The zero-order valence-electron chi connectivity index (χ0n) is 16.4. The Kier molecular flexibility index (Phi) is 5.68. The summed E-state index contributed by atoms with van der Waals surface area (Å²) in [7, 11) is 0. The summed E-state index contributed by atoms with van der Waals surface area (Å²) < 4.78 is 0. The number of non-ortho nitro benzene ring substituents is 1. The molecule has 0 aliphatic carbocycles. The van der Waals surface area contributed by atoms with E-state index >= 15 is 0 Å². The normalized spacial score (nSPS) is 13.5. The van der Waals surface area contributed by atoms with Crippen LogP contribution in [0.5, 0.6) is 0 Å². The van der Waals surface area contributed by atoms with Gasteiger partial charge in [-0.2, -0.15) is 0 Å². The minimum Gasteiger partial charge on any atom is -0.325 e. The van der Waals surface area contributed by atoms with E-state index in [1.54, 1.807) is 41.3 Å². The molecule has 2 amide bonds. The van der Waals surface area contributed by atoms with E-state index in [4.69, 9.17) is 11.6 Å². The van der Waals surface area contributed by atoms with Crippen LogP contribution < -0.4 is 4.90 Å². The molecule has 31 heavy (non-hydrogen) atoms. The predicted octanol–water partition coefficient (Wildman–Crippen LogP) is 4.44. The Morgan fingerprint density at radius 2 is 1.65 bits per heavy atom. The molecular weight excluding hydrogens is 418 g/mol. The number of nitro benzene ring substituents is 1. The van der Waals surface area contributed by atoms with Crippen LogP contribution in [-0.4, -0.2) is 28.2 Å². The number of rotatable bonds is 4. The average molecular weight is 436 g/mol. The lowest BCUT2D eigenvalue weighted by molar-refractivity contribution is -0.384. The topological polar surface area (TPSA) is 83.8 Å². The van der Waals surface area contributed by atoms with E-state index in [0.29, 0.717) is 17.1 Å². The summed E-state index contributed by atoms with van der Waals surface area (Å²) in [6.07, 6.45) is 0. The van der Waals surface area contributed by atoms with Gasteiger partial charge in [-0.05, 0) is 41.5 Å². The number of fused-ring (bicyclic) bond motifs is 1. The molecule has 3 aromatic carbocycles. The molecule has 0 aromatic heterocycles. The van der Waals surface area contributed by atoms with Crippen LogP contribution in [0, 0.1) is 10.1 Å². The van der Waals surface area contributed by atoms with Gasteiger partial charge < -0.3 is 9.80 Å². The summed E-state index contributed by atoms with van der Waals surface area (Å²) in [5, 5.41) is 11.4. The summed E-state index contributed by atoms with van der Waals surface area (Å²) in [4.78, 5) is 39.8. The highest BCUT2D eigenvalue weighted by Gasteiger charge is 2.29. The van der Waals surface area contributed by atoms with Gasteiger partial charge in [-0.3, -0.25) is 19.7 Å². The Labute approximate surface area is 183 Å². The number of carbonyl (C=O) groups excluding carboxylic acids is 2. The predicted molar refractivity (Wildman–Crippen MR) is 117 cm³/mol. The molecule has 0 fully saturated rings. The Bertz CT molecular complexity index is 1150. The Hall–Kier alpha value is -3.71. The Morgan fingerprint density at radius 3 is 2.32 bits per heavy atom.